The molecule has 33 heteroatoms. The lowest BCUT2D eigenvalue weighted by atomic mass is 9.98. The van der Waals surface area contributed by atoms with Gasteiger partial charge in [-0.15, -0.1) is 0 Å². The number of nitrogens with one attached hydrogen (secondary N) is 12. The molecule has 0 saturated carbocycles. The number of amides is 12. The van der Waals surface area contributed by atoms with Gasteiger partial charge < -0.3 is 108 Å². The molecule has 0 unspecified atom stereocenters. The van der Waals surface area contributed by atoms with E-state index in [0.29, 0.717) is 82.0 Å². The second-order valence-electron chi connectivity index (χ2n) is 28.5. The number of aliphatic carboxylic acids is 1. The minimum Gasteiger partial charge on any atom is -0.508 e. The van der Waals surface area contributed by atoms with Gasteiger partial charge in [-0.25, -0.2) is 4.79 Å². The van der Waals surface area contributed by atoms with Gasteiger partial charge in [-0.1, -0.05) is 104 Å². The summed E-state index contributed by atoms with van der Waals surface area (Å²) in [5.74, 6) is -13.3. The third-order valence-electron chi connectivity index (χ3n) is 17.6. The van der Waals surface area contributed by atoms with Crippen molar-refractivity contribution in [2.75, 3.05) is 26.2 Å². The molecule has 106 heavy (non-hydrogen) atoms. The zero-order valence-electron chi connectivity index (χ0n) is 63.6. The predicted molar refractivity (Wildman–Crippen MR) is 399 cm³/mol. The van der Waals surface area contributed by atoms with E-state index in [-0.39, 0.29) is 63.3 Å². The van der Waals surface area contributed by atoms with Crippen molar-refractivity contribution in [2.45, 2.75) is 257 Å². The monoisotopic (exact) mass is 1490 g/mol. The Morgan fingerprint density at radius 2 is 0.651 bits per heavy atom. The first-order valence-corrected chi connectivity index (χ1v) is 36.9. The van der Waals surface area contributed by atoms with Crippen molar-refractivity contribution < 1.29 is 77.6 Å². The third kappa shape index (κ3) is 34.1. The molecule has 0 bridgehead atoms. The maximum Gasteiger partial charge on any atom is 0.326 e. The summed E-state index contributed by atoms with van der Waals surface area (Å²) >= 11 is 0. The first-order valence-electron chi connectivity index (χ1n) is 36.9. The average molecular weight is 1490 g/mol. The molecule has 12 amide bonds. The number of aliphatic hydroxyl groups is 1. The highest BCUT2D eigenvalue weighted by atomic mass is 16.4. The van der Waals surface area contributed by atoms with E-state index >= 15 is 0 Å². The fourth-order valence-electron chi connectivity index (χ4n) is 11.2. The molecule has 14 atom stereocenters. The van der Waals surface area contributed by atoms with Crippen molar-refractivity contribution in [3.8, 4) is 5.75 Å². The van der Waals surface area contributed by atoms with Crippen LogP contribution in [0.2, 0.25) is 0 Å². The summed E-state index contributed by atoms with van der Waals surface area (Å²) in [6.07, 6.45) is 2.83. The van der Waals surface area contributed by atoms with Crippen LogP contribution in [-0.2, 0) is 75.2 Å². The van der Waals surface area contributed by atoms with Gasteiger partial charge in [0.25, 0.3) is 0 Å². The summed E-state index contributed by atoms with van der Waals surface area (Å²) in [7, 11) is 0. The number of carboxylic acids is 1. The van der Waals surface area contributed by atoms with Crippen LogP contribution in [0.4, 0.5) is 0 Å². The number of phenolic OH excluding ortho intramolecular Hbond substituents is 1. The largest absolute Gasteiger partial charge is 0.508 e. The van der Waals surface area contributed by atoms with E-state index in [9.17, 15) is 77.6 Å². The van der Waals surface area contributed by atoms with Gasteiger partial charge in [-0.05, 0) is 171 Å². The normalized spacial score (nSPS) is 15.4. The molecule has 0 aromatic heterocycles. The van der Waals surface area contributed by atoms with E-state index in [1.807, 2.05) is 0 Å². The number of carbonyl (C=O) groups is 13. The number of carbonyl (C=O) groups excluding carboxylic acids is 12. The Kier molecular flexibility index (Phi) is 43.1. The number of aromatic hydroxyl groups is 1. The molecule has 0 aliphatic heterocycles. The van der Waals surface area contributed by atoms with Gasteiger partial charge in [0.05, 0.1) is 12.1 Å². The quantitative estimate of drug-likeness (QED) is 0.0330. The molecule has 0 saturated heterocycles. The molecule has 25 N–H and O–H groups in total. The number of unbranched alkanes of at least 4 members (excludes halogenated alkanes) is 4. The van der Waals surface area contributed by atoms with Gasteiger partial charge in [0, 0.05) is 12.8 Å². The molecule has 0 radical (unpaired) electrons. The summed E-state index contributed by atoms with van der Waals surface area (Å²) in [5.41, 5.74) is 30.2. The number of rotatable bonds is 51. The number of nitrogens with two attached hydrogens (primary N) is 5. The molecular formula is C73H123N17O16. The standard InChI is InChI=1S/C73H123N17O16/c1-40(2)37-54(67(99)86-56(73(105)106)39-47-23-13-12-14-24-47)84-70(102)58(42(5)6)88-68(100)55(38-48-29-31-49(92)32-30-48)85-72(104)60(46(11)91)90-62(94)45(10)79-61(93)44(9)80-69(101)57(41(3)4)89-71(103)59(43(7)8)87-66(98)53(28-18-22-36-77)83-65(97)52(27-17-21-35-76)82-64(96)51(26-16-20-34-75)81-63(95)50(78)25-15-19-33-74/h12-14,23-24,29-32,40-46,50-60,91-92H,15-22,25-28,33-39,74-78H2,1-11H3,(H,79,93)(H,80,101)(H,81,95)(H,82,96)(H,83,97)(H,84,102)(H,85,104)(H,86,99)(H,87,98)(H,88,100)(H,89,103)(H,90,94)(H,105,106)/t44-,45-,46+,50-,51-,52-,53-,54-,55-,56-,57-,58-,59-,60-/m0/s1. The number of carboxylic acid groups (broad SMARTS) is 1. The molecule has 0 heterocycles. The van der Waals surface area contributed by atoms with Crippen LogP contribution in [0.1, 0.15) is 171 Å². The van der Waals surface area contributed by atoms with Crippen LogP contribution in [0, 0.1) is 23.7 Å². The zero-order valence-corrected chi connectivity index (χ0v) is 63.6. The maximum absolute atomic E-state index is 14.4. The van der Waals surface area contributed by atoms with Crippen LogP contribution >= 0.6 is 0 Å². The van der Waals surface area contributed by atoms with Crippen molar-refractivity contribution in [3.63, 3.8) is 0 Å². The van der Waals surface area contributed by atoms with Crippen LogP contribution in [0.5, 0.6) is 5.75 Å². The summed E-state index contributed by atoms with van der Waals surface area (Å²) in [4.78, 5) is 181. The maximum atomic E-state index is 14.4. The smallest absolute Gasteiger partial charge is 0.326 e. The highest BCUT2D eigenvalue weighted by molar-refractivity contribution is 6.00. The molecule has 0 spiro atoms. The van der Waals surface area contributed by atoms with E-state index < -0.39 is 179 Å². The Balaban J connectivity index is 2.31. The number of benzene rings is 2. The van der Waals surface area contributed by atoms with Gasteiger partial charge in [-0.3, -0.25) is 57.5 Å². The topological polar surface area (TPSA) is 557 Å². The number of hydrogen-bond donors (Lipinski definition) is 20. The summed E-state index contributed by atoms with van der Waals surface area (Å²) in [6.45, 7) is 18.4. The van der Waals surface area contributed by atoms with Gasteiger partial charge >= 0.3 is 5.97 Å². The van der Waals surface area contributed by atoms with E-state index in [2.05, 4.69) is 63.8 Å². The minimum atomic E-state index is -1.78. The predicted octanol–water partition coefficient (Wildman–Crippen LogP) is -1.64. The lowest BCUT2D eigenvalue weighted by Gasteiger charge is -2.30. The Hall–Kier alpha value is -8.89. The lowest BCUT2D eigenvalue weighted by Crippen LogP contribution is -2.62. The number of aliphatic hydroxyl groups excluding tert-OH is 1. The minimum absolute atomic E-state index is 0.0465. The molecule has 2 aromatic carbocycles. The summed E-state index contributed by atoms with van der Waals surface area (Å²) < 4.78 is 0. The average Bonchev–Trinajstić information content (AvgIpc) is 0.845. The molecule has 0 fully saturated rings. The Bertz CT molecular complexity index is 3130. The molecule has 2 rings (SSSR count). The second kappa shape index (κ2) is 49.1. The first kappa shape index (κ1) is 93.2. The molecule has 2 aromatic rings. The van der Waals surface area contributed by atoms with E-state index in [1.54, 1.807) is 85.7 Å². The Labute approximate surface area is 623 Å². The zero-order chi connectivity index (χ0) is 79.9. The van der Waals surface area contributed by atoms with Crippen molar-refractivity contribution in [2.24, 2.45) is 52.3 Å². The van der Waals surface area contributed by atoms with E-state index in [0.717, 1.165) is 0 Å². The van der Waals surface area contributed by atoms with Crippen LogP contribution in [0.3, 0.4) is 0 Å². The van der Waals surface area contributed by atoms with Crippen LogP contribution < -0.4 is 92.5 Å². The van der Waals surface area contributed by atoms with E-state index in [4.69, 9.17) is 28.7 Å². The van der Waals surface area contributed by atoms with Gasteiger partial charge in [-0.2, -0.15) is 0 Å². The van der Waals surface area contributed by atoms with Crippen LogP contribution in [0.15, 0.2) is 54.6 Å². The second-order valence-corrected chi connectivity index (χ2v) is 28.5. The molecule has 596 valence electrons. The Morgan fingerprint density at radius 3 is 1.08 bits per heavy atom. The number of phenols is 1. The van der Waals surface area contributed by atoms with Crippen molar-refractivity contribution in [1.82, 2.24) is 63.8 Å². The van der Waals surface area contributed by atoms with Gasteiger partial charge in [0.2, 0.25) is 70.9 Å². The molecule has 33 nitrogen and oxygen atoms in total. The molecule has 0 aliphatic carbocycles. The third-order valence-corrected chi connectivity index (χ3v) is 17.6. The molecule has 0 aliphatic rings. The van der Waals surface area contributed by atoms with Crippen molar-refractivity contribution in [1.29, 1.82) is 0 Å². The van der Waals surface area contributed by atoms with Crippen molar-refractivity contribution in [3.05, 3.63) is 65.7 Å². The fraction of sp³-hybridized carbons (Fsp3) is 0.658. The van der Waals surface area contributed by atoms with Crippen LogP contribution in [0.25, 0.3) is 0 Å². The number of hydrogen-bond acceptors (Lipinski definition) is 20. The van der Waals surface area contributed by atoms with Gasteiger partial charge in [0.1, 0.15) is 78.3 Å². The van der Waals surface area contributed by atoms with E-state index in [1.165, 1.54) is 45.0 Å². The highest BCUT2D eigenvalue weighted by Gasteiger charge is 2.39. The Morgan fingerprint density at radius 1 is 0.340 bits per heavy atom. The summed E-state index contributed by atoms with van der Waals surface area (Å²) in [6, 6.07) is -2.91. The first-order chi connectivity index (χ1) is 50.0. The highest BCUT2D eigenvalue weighted by Crippen LogP contribution is 2.17. The van der Waals surface area contributed by atoms with Gasteiger partial charge in [0.15, 0.2) is 0 Å². The summed E-state index contributed by atoms with van der Waals surface area (Å²) in [5, 5.41) is 62.5. The SMILES string of the molecule is CC(C)C[C@H](NC(=O)[C@@H](NC(=O)[C@H](Cc1ccc(O)cc1)NC(=O)[C@@H](NC(=O)[C@H](C)NC(=O)[C@H](C)NC(=O)[C@@H](NC(=O)[C@@H](NC(=O)[C@H](CCCCN)NC(=O)[C@H](CCCCN)NC(=O)[C@H](CCCCN)NC(=O)[C@@H](N)CCCCN)C(C)C)C(C)C)[C@@H](C)O)C(C)C)C(=O)N[C@@H](Cc1ccccc1)C(=O)O. The van der Waals surface area contributed by atoms with Crippen LogP contribution in [-0.4, -0.2) is 203 Å². The lowest BCUT2D eigenvalue weighted by molar-refractivity contribution is -0.142. The fourth-order valence-corrected chi connectivity index (χ4v) is 11.2. The van der Waals surface area contributed by atoms with Crippen molar-refractivity contribution >= 4 is 76.9 Å². The molecular weight excluding hydrogens is 1370 g/mol.